The number of hydrogen-bond donors (Lipinski definition) is 0. The van der Waals surface area contributed by atoms with Gasteiger partial charge < -0.3 is 4.74 Å². The van der Waals surface area contributed by atoms with E-state index in [4.69, 9.17) is 9.72 Å². The summed E-state index contributed by atoms with van der Waals surface area (Å²) in [5.41, 5.74) is 2.69. The van der Waals surface area contributed by atoms with Gasteiger partial charge in [0.2, 0.25) is 0 Å². The second-order valence-electron chi connectivity index (χ2n) is 7.96. The molecule has 0 unspecified atom stereocenters. The number of nitro groups is 1. The van der Waals surface area contributed by atoms with E-state index in [0.29, 0.717) is 22.5 Å². The lowest BCUT2D eigenvalue weighted by molar-refractivity contribution is -0.384. The first-order chi connectivity index (χ1) is 17.6. The molecule has 5 rings (SSSR count). The zero-order valence-electron chi connectivity index (χ0n) is 19.0. The van der Waals surface area contributed by atoms with Gasteiger partial charge in [0.1, 0.15) is 12.4 Å². The van der Waals surface area contributed by atoms with Gasteiger partial charge in [0, 0.05) is 17.7 Å². The van der Waals surface area contributed by atoms with Crippen molar-refractivity contribution in [2.24, 2.45) is 5.10 Å². The third-order valence-corrected chi connectivity index (χ3v) is 5.52. The van der Waals surface area contributed by atoms with Crippen molar-refractivity contribution < 1.29 is 9.66 Å². The van der Waals surface area contributed by atoms with Gasteiger partial charge in [0.05, 0.1) is 22.0 Å². The molecule has 1 aromatic heterocycles. The molecule has 0 amide bonds. The van der Waals surface area contributed by atoms with Crippen LogP contribution >= 0.6 is 0 Å². The summed E-state index contributed by atoms with van der Waals surface area (Å²) in [5, 5.41) is 15.8. The van der Waals surface area contributed by atoms with Crippen molar-refractivity contribution in [3.63, 3.8) is 0 Å². The van der Waals surface area contributed by atoms with Crippen LogP contribution < -0.4 is 10.3 Å². The molecule has 0 aliphatic carbocycles. The van der Waals surface area contributed by atoms with Gasteiger partial charge in [-0.15, -0.1) is 0 Å². The summed E-state index contributed by atoms with van der Waals surface area (Å²) in [7, 11) is 0. The van der Waals surface area contributed by atoms with Crippen molar-refractivity contribution in [2.45, 2.75) is 6.61 Å². The van der Waals surface area contributed by atoms with E-state index in [1.54, 1.807) is 36.5 Å². The number of benzene rings is 4. The number of aromatic nitrogens is 2. The molecule has 0 fully saturated rings. The first kappa shape index (κ1) is 22.7. The second-order valence-corrected chi connectivity index (χ2v) is 7.96. The first-order valence-electron chi connectivity index (χ1n) is 11.2. The van der Waals surface area contributed by atoms with Crippen molar-refractivity contribution in [3.05, 3.63) is 135 Å². The molecular formula is C28H20N4O4. The molecule has 0 aliphatic rings. The molecule has 0 saturated heterocycles. The van der Waals surface area contributed by atoms with Gasteiger partial charge in [-0.2, -0.15) is 9.78 Å². The number of rotatable bonds is 7. The van der Waals surface area contributed by atoms with Crippen molar-refractivity contribution in [3.8, 4) is 17.1 Å². The molecule has 1 heterocycles. The van der Waals surface area contributed by atoms with Crippen LogP contribution in [0, 0.1) is 10.1 Å². The Balaban J connectivity index is 1.43. The Hall–Kier alpha value is -5.11. The van der Waals surface area contributed by atoms with Crippen LogP contribution in [-0.2, 0) is 6.61 Å². The van der Waals surface area contributed by atoms with Crippen LogP contribution in [0.15, 0.2) is 113 Å². The van der Waals surface area contributed by atoms with Crippen molar-refractivity contribution in [1.29, 1.82) is 0 Å². The Morgan fingerprint density at radius 3 is 2.44 bits per heavy atom. The van der Waals surface area contributed by atoms with Gasteiger partial charge in [-0.05, 0) is 47.5 Å². The van der Waals surface area contributed by atoms with Crippen LogP contribution in [-0.4, -0.2) is 20.8 Å². The second kappa shape index (κ2) is 10.0. The summed E-state index contributed by atoms with van der Waals surface area (Å²) in [5.74, 6) is 1.05. The minimum absolute atomic E-state index is 0.0326. The Morgan fingerprint density at radius 1 is 0.917 bits per heavy atom. The summed E-state index contributed by atoms with van der Waals surface area (Å²) in [6.45, 7) is 0.255. The smallest absolute Gasteiger partial charge is 0.282 e. The number of non-ortho nitro benzene ring substituents is 1. The quantitative estimate of drug-likeness (QED) is 0.177. The highest BCUT2D eigenvalue weighted by molar-refractivity contribution is 5.82. The Bertz CT molecular complexity index is 1630. The summed E-state index contributed by atoms with van der Waals surface area (Å²) in [4.78, 5) is 28.4. The molecule has 5 aromatic rings. The number of para-hydroxylation sites is 1. The van der Waals surface area contributed by atoms with Crippen molar-refractivity contribution in [1.82, 2.24) is 9.66 Å². The van der Waals surface area contributed by atoms with E-state index in [0.717, 1.165) is 16.7 Å². The van der Waals surface area contributed by atoms with E-state index >= 15 is 0 Å². The van der Waals surface area contributed by atoms with E-state index in [9.17, 15) is 14.9 Å². The Morgan fingerprint density at radius 2 is 1.67 bits per heavy atom. The summed E-state index contributed by atoms with van der Waals surface area (Å²) < 4.78 is 7.15. The maximum absolute atomic E-state index is 13.3. The Labute approximate surface area is 205 Å². The number of fused-ring (bicyclic) bond motifs is 1. The lowest BCUT2D eigenvalue weighted by Gasteiger charge is -2.09. The molecule has 8 heteroatoms. The van der Waals surface area contributed by atoms with Crippen LogP contribution in [0.25, 0.3) is 22.3 Å². The van der Waals surface area contributed by atoms with Gasteiger partial charge in [-0.25, -0.2) is 4.98 Å². The fourth-order valence-corrected chi connectivity index (χ4v) is 3.69. The third kappa shape index (κ3) is 4.88. The van der Waals surface area contributed by atoms with E-state index < -0.39 is 4.92 Å². The maximum Gasteiger partial charge on any atom is 0.282 e. The van der Waals surface area contributed by atoms with Gasteiger partial charge in [-0.1, -0.05) is 54.6 Å². The zero-order chi connectivity index (χ0) is 24.9. The fourth-order valence-electron chi connectivity index (χ4n) is 3.69. The van der Waals surface area contributed by atoms with Crippen LogP contribution in [0.3, 0.4) is 0 Å². The third-order valence-electron chi connectivity index (χ3n) is 5.52. The lowest BCUT2D eigenvalue weighted by Crippen LogP contribution is -2.20. The molecule has 8 nitrogen and oxygen atoms in total. The monoisotopic (exact) mass is 476 g/mol. The van der Waals surface area contributed by atoms with Gasteiger partial charge in [0.15, 0.2) is 5.82 Å². The molecule has 0 bridgehead atoms. The highest BCUT2D eigenvalue weighted by Crippen LogP contribution is 2.20. The van der Waals surface area contributed by atoms with Crippen molar-refractivity contribution in [2.75, 3.05) is 0 Å². The molecular weight excluding hydrogens is 456 g/mol. The standard InChI is InChI=1S/C28H20N4O4/c33-28-25-11-4-5-12-26(25)30-27(22-8-2-1-3-9-22)31(28)29-18-21-7-6-10-24(17-21)36-19-20-13-15-23(16-14-20)32(34)35/h1-18H,19H2. The van der Waals surface area contributed by atoms with Crippen LogP contribution in [0.4, 0.5) is 5.69 Å². The molecule has 0 spiro atoms. The topological polar surface area (TPSA) is 99.6 Å². The number of nitro benzene ring substituents is 1. The van der Waals surface area contributed by atoms with Crippen LogP contribution in [0.2, 0.25) is 0 Å². The molecule has 0 N–H and O–H groups in total. The molecule has 36 heavy (non-hydrogen) atoms. The highest BCUT2D eigenvalue weighted by atomic mass is 16.6. The molecule has 0 aliphatic heterocycles. The predicted octanol–water partition coefficient (Wildman–Crippen LogP) is 5.43. The SMILES string of the molecule is O=c1c2ccccc2nc(-c2ccccc2)n1N=Cc1cccc(OCc2ccc([N+](=O)[O-])cc2)c1. The summed E-state index contributed by atoms with van der Waals surface area (Å²) in [6.07, 6.45) is 1.59. The minimum Gasteiger partial charge on any atom is -0.489 e. The number of hydrogen-bond acceptors (Lipinski definition) is 6. The van der Waals surface area contributed by atoms with Crippen LogP contribution in [0.1, 0.15) is 11.1 Å². The molecule has 176 valence electrons. The van der Waals surface area contributed by atoms with E-state index in [-0.39, 0.29) is 17.9 Å². The minimum atomic E-state index is -0.437. The molecule has 0 atom stereocenters. The van der Waals surface area contributed by atoms with Crippen LogP contribution in [0.5, 0.6) is 5.75 Å². The maximum atomic E-state index is 13.3. The van der Waals surface area contributed by atoms with E-state index in [1.165, 1.54) is 16.8 Å². The molecule has 4 aromatic carbocycles. The normalized spacial score (nSPS) is 11.1. The molecule has 0 radical (unpaired) electrons. The average Bonchev–Trinajstić information content (AvgIpc) is 2.92. The fraction of sp³-hybridized carbons (Fsp3) is 0.0357. The summed E-state index contributed by atoms with van der Waals surface area (Å²) in [6, 6.07) is 30.1. The van der Waals surface area contributed by atoms with E-state index in [1.807, 2.05) is 60.7 Å². The molecule has 0 saturated carbocycles. The highest BCUT2D eigenvalue weighted by Gasteiger charge is 2.12. The van der Waals surface area contributed by atoms with Crippen molar-refractivity contribution >= 4 is 22.8 Å². The summed E-state index contributed by atoms with van der Waals surface area (Å²) >= 11 is 0. The zero-order valence-corrected chi connectivity index (χ0v) is 19.0. The number of nitrogens with zero attached hydrogens (tertiary/aromatic N) is 4. The number of ether oxygens (including phenoxy) is 1. The lowest BCUT2D eigenvalue weighted by atomic mass is 10.2. The van der Waals surface area contributed by atoms with Gasteiger partial charge >= 0.3 is 0 Å². The van der Waals surface area contributed by atoms with Gasteiger partial charge in [0.25, 0.3) is 11.2 Å². The average molecular weight is 476 g/mol. The van der Waals surface area contributed by atoms with Gasteiger partial charge in [-0.3, -0.25) is 14.9 Å². The predicted molar refractivity (Wildman–Crippen MR) is 138 cm³/mol. The Kier molecular flexibility index (Phi) is 6.31. The van der Waals surface area contributed by atoms with E-state index in [2.05, 4.69) is 5.10 Å². The first-order valence-corrected chi connectivity index (χ1v) is 11.2. The largest absolute Gasteiger partial charge is 0.489 e.